The van der Waals surface area contributed by atoms with Crippen molar-refractivity contribution in [2.45, 2.75) is 45.8 Å². The lowest BCUT2D eigenvalue weighted by molar-refractivity contribution is -0.115. The zero-order valence-electron chi connectivity index (χ0n) is 16.9. The second kappa shape index (κ2) is 9.93. The van der Waals surface area contributed by atoms with E-state index >= 15 is 0 Å². The van der Waals surface area contributed by atoms with Crippen LogP contribution in [0.15, 0.2) is 24.3 Å². The van der Waals surface area contributed by atoms with E-state index < -0.39 is 32.7 Å². The molecule has 0 fully saturated rings. The van der Waals surface area contributed by atoms with E-state index in [1.165, 1.54) is 11.3 Å². The number of anilines is 2. The maximum Gasteiger partial charge on any atom is 0.244 e. The first-order chi connectivity index (χ1) is 13.6. The molecule has 10 heteroatoms. The molecule has 0 radical (unpaired) electrons. The molecule has 1 atom stereocenters. The van der Waals surface area contributed by atoms with Gasteiger partial charge in [-0.25, -0.2) is 8.42 Å². The van der Waals surface area contributed by atoms with Crippen LogP contribution in [0.3, 0.4) is 0 Å². The van der Waals surface area contributed by atoms with Crippen LogP contribution in [0.4, 0.5) is 10.8 Å². The molecule has 0 spiro atoms. The summed E-state index contributed by atoms with van der Waals surface area (Å²) >= 11 is 1.22. The van der Waals surface area contributed by atoms with Gasteiger partial charge in [0.25, 0.3) is 0 Å². The van der Waals surface area contributed by atoms with Crippen molar-refractivity contribution in [3.63, 3.8) is 0 Å². The van der Waals surface area contributed by atoms with Crippen molar-refractivity contribution in [2.24, 2.45) is 5.92 Å². The molecule has 1 aromatic heterocycles. The fourth-order valence-corrected chi connectivity index (χ4v) is 5.21. The number of carbonyl (C=O) groups is 2. The van der Waals surface area contributed by atoms with Crippen molar-refractivity contribution >= 4 is 43.8 Å². The highest BCUT2D eigenvalue weighted by Gasteiger charge is 2.33. The van der Waals surface area contributed by atoms with Gasteiger partial charge in [-0.1, -0.05) is 44.2 Å². The van der Waals surface area contributed by atoms with Gasteiger partial charge in [-0.05, 0) is 37.0 Å². The van der Waals surface area contributed by atoms with Gasteiger partial charge in [0.15, 0.2) is 9.84 Å². The van der Waals surface area contributed by atoms with Crippen molar-refractivity contribution in [1.82, 2.24) is 10.2 Å². The van der Waals surface area contributed by atoms with Crippen LogP contribution in [0.1, 0.15) is 37.8 Å². The molecule has 8 nitrogen and oxygen atoms in total. The Kier molecular flexibility index (Phi) is 7.86. The van der Waals surface area contributed by atoms with E-state index in [2.05, 4.69) is 20.8 Å². The first kappa shape index (κ1) is 23.0. The second-order valence-electron chi connectivity index (χ2n) is 7.21. The molecule has 158 valence electrons. The van der Waals surface area contributed by atoms with Crippen LogP contribution < -0.4 is 10.6 Å². The van der Waals surface area contributed by atoms with Gasteiger partial charge in [0.05, 0.1) is 0 Å². The first-order valence-corrected chi connectivity index (χ1v) is 11.8. The summed E-state index contributed by atoms with van der Waals surface area (Å²) in [5.41, 5.74) is 1.44. The Hall–Kier alpha value is -2.33. The van der Waals surface area contributed by atoms with Crippen LogP contribution in [0.5, 0.6) is 0 Å². The molecule has 2 aromatic rings. The van der Waals surface area contributed by atoms with E-state index in [4.69, 9.17) is 0 Å². The summed E-state index contributed by atoms with van der Waals surface area (Å²) in [7, 11) is -4.00. The largest absolute Gasteiger partial charge is 0.325 e. The lowest BCUT2D eigenvalue weighted by atomic mass is 10.1. The maximum atomic E-state index is 12.7. The van der Waals surface area contributed by atoms with Crippen LogP contribution in [0, 0.1) is 12.8 Å². The van der Waals surface area contributed by atoms with Crippen LogP contribution in [-0.4, -0.2) is 41.4 Å². The Bertz CT molecular complexity index is 970. The minimum Gasteiger partial charge on any atom is -0.325 e. The van der Waals surface area contributed by atoms with Gasteiger partial charge < -0.3 is 5.32 Å². The summed E-state index contributed by atoms with van der Waals surface area (Å²) in [6.07, 6.45) is 0.770. The predicted molar refractivity (Wildman–Crippen MR) is 115 cm³/mol. The number of aryl methyl sites for hydroxylation is 1. The Labute approximate surface area is 175 Å². The van der Waals surface area contributed by atoms with Gasteiger partial charge in [-0.3, -0.25) is 14.9 Å². The molecule has 0 saturated carbocycles. The zero-order valence-corrected chi connectivity index (χ0v) is 18.6. The van der Waals surface area contributed by atoms with E-state index in [0.29, 0.717) is 11.6 Å². The molecular weight excluding hydrogens is 412 g/mol. The van der Waals surface area contributed by atoms with E-state index in [0.717, 1.165) is 17.0 Å². The maximum absolute atomic E-state index is 12.7. The fourth-order valence-electron chi connectivity index (χ4n) is 2.73. The molecule has 0 bridgehead atoms. The number of benzene rings is 1. The van der Waals surface area contributed by atoms with Gasteiger partial charge in [-0.2, -0.15) is 0 Å². The summed E-state index contributed by atoms with van der Waals surface area (Å²) in [5.74, 6) is -1.77. The summed E-state index contributed by atoms with van der Waals surface area (Å²) in [4.78, 5) is 24.7. The highest BCUT2D eigenvalue weighted by molar-refractivity contribution is 7.93. The molecule has 0 aliphatic carbocycles. The number of hydrogen-bond donors (Lipinski definition) is 2. The van der Waals surface area contributed by atoms with Crippen LogP contribution in [-0.2, 0) is 25.8 Å². The van der Waals surface area contributed by atoms with Crippen molar-refractivity contribution in [2.75, 3.05) is 16.4 Å². The highest BCUT2D eigenvalue weighted by Crippen LogP contribution is 2.20. The standard InChI is InChI=1S/C19H26N4O4S2/c1-5-15(18(25)21-19-23-22-17(28-19)9-12(2)3)29(26,27)11-16(24)20-14-8-6-7-13(4)10-14/h6-8,10,12,15H,5,9,11H2,1-4H3,(H,20,24)(H,21,23,25). The van der Waals surface area contributed by atoms with Gasteiger partial charge >= 0.3 is 0 Å². The van der Waals surface area contributed by atoms with E-state index in [1.807, 2.05) is 26.8 Å². The average molecular weight is 439 g/mol. The number of nitrogens with zero attached hydrogens (tertiary/aromatic N) is 2. The molecule has 0 saturated heterocycles. The third-order valence-electron chi connectivity index (χ3n) is 4.01. The fraction of sp³-hybridized carbons (Fsp3) is 0.474. The summed E-state index contributed by atoms with van der Waals surface area (Å²) < 4.78 is 25.3. The Morgan fingerprint density at radius 3 is 2.52 bits per heavy atom. The minimum atomic E-state index is -4.00. The van der Waals surface area contributed by atoms with Crippen LogP contribution in [0.2, 0.25) is 0 Å². The van der Waals surface area contributed by atoms with Crippen LogP contribution in [0.25, 0.3) is 0 Å². The second-order valence-corrected chi connectivity index (χ2v) is 10.5. The molecule has 2 amide bonds. The summed E-state index contributed by atoms with van der Waals surface area (Å²) in [5, 5.41) is 12.6. The van der Waals surface area contributed by atoms with Gasteiger partial charge in [-0.15, -0.1) is 10.2 Å². The number of amides is 2. The van der Waals surface area contributed by atoms with Crippen molar-refractivity contribution in [3.8, 4) is 0 Å². The van der Waals surface area contributed by atoms with Gasteiger partial charge in [0.1, 0.15) is 16.0 Å². The predicted octanol–water partition coefficient (Wildman–Crippen LogP) is 2.82. The number of rotatable bonds is 9. The Morgan fingerprint density at radius 1 is 1.17 bits per heavy atom. The molecule has 1 heterocycles. The quantitative estimate of drug-likeness (QED) is 0.621. The Balaban J connectivity index is 2.03. The lowest BCUT2D eigenvalue weighted by Gasteiger charge is -2.15. The van der Waals surface area contributed by atoms with Gasteiger partial charge in [0.2, 0.25) is 16.9 Å². The van der Waals surface area contributed by atoms with E-state index in [9.17, 15) is 18.0 Å². The minimum absolute atomic E-state index is 0.0452. The van der Waals surface area contributed by atoms with E-state index in [-0.39, 0.29) is 11.6 Å². The summed E-state index contributed by atoms with van der Waals surface area (Å²) in [6.45, 7) is 7.54. The molecule has 0 aliphatic heterocycles. The number of carbonyl (C=O) groups excluding carboxylic acids is 2. The summed E-state index contributed by atoms with van der Waals surface area (Å²) in [6, 6.07) is 7.03. The van der Waals surface area contributed by atoms with E-state index in [1.54, 1.807) is 25.1 Å². The molecule has 1 aromatic carbocycles. The lowest BCUT2D eigenvalue weighted by Crippen LogP contribution is -2.39. The monoisotopic (exact) mass is 438 g/mol. The SMILES string of the molecule is CCC(C(=O)Nc1nnc(CC(C)C)s1)S(=O)(=O)CC(=O)Nc1cccc(C)c1. The zero-order chi connectivity index (χ0) is 21.6. The van der Waals surface area contributed by atoms with Crippen molar-refractivity contribution in [1.29, 1.82) is 0 Å². The number of aromatic nitrogens is 2. The molecule has 2 N–H and O–H groups in total. The highest BCUT2D eigenvalue weighted by atomic mass is 32.2. The molecule has 29 heavy (non-hydrogen) atoms. The molecule has 1 unspecified atom stereocenters. The third kappa shape index (κ3) is 6.90. The smallest absolute Gasteiger partial charge is 0.244 e. The molecule has 0 aliphatic rings. The molecule has 2 rings (SSSR count). The normalized spacial score (nSPS) is 12.6. The number of hydrogen-bond acceptors (Lipinski definition) is 7. The topological polar surface area (TPSA) is 118 Å². The number of sulfone groups is 1. The van der Waals surface area contributed by atoms with Gasteiger partial charge in [0, 0.05) is 12.1 Å². The first-order valence-electron chi connectivity index (χ1n) is 9.32. The molecular formula is C19H26N4O4S2. The third-order valence-corrected chi connectivity index (χ3v) is 6.95. The van der Waals surface area contributed by atoms with Crippen molar-refractivity contribution in [3.05, 3.63) is 34.8 Å². The number of nitrogens with one attached hydrogen (secondary N) is 2. The van der Waals surface area contributed by atoms with Crippen molar-refractivity contribution < 1.29 is 18.0 Å². The van der Waals surface area contributed by atoms with Crippen LogP contribution >= 0.6 is 11.3 Å². The Morgan fingerprint density at radius 2 is 1.90 bits per heavy atom. The average Bonchev–Trinajstić information content (AvgIpc) is 3.00.